The molecular weight excluding hydrogens is 334 g/mol. The van der Waals surface area contributed by atoms with Gasteiger partial charge in [0.1, 0.15) is 18.3 Å². The predicted octanol–water partition coefficient (Wildman–Crippen LogP) is 2.06. The molecule has 3 heterocycles. The highest BCUT2D eigenvalue weighted by Gasteiger charge is 2.41. The summed E-state index contributed by atoms with van der Waals surface area (Å²) in [5, 5.41) is 0. The molecule has 1 aliphatic heterocycles. The molecule has 1 aliphatic rings. The van der Waals surface area contributed by atoms with E-state index in [9.17, 15) is 14.4 Å². The Morgan fingerprint density at radius 3 is 2.38 bits per heavy atom. The van der Waals surface area contributed by atoms with Gasteiger partial charge in [-0.05, 0) is 31.2 Å². The highest BCUT2D eigenvalue weighted by atomic mass is 16.5. The zero-order chi connectivity index (χ0) is 18.3. The monoisotopic (exact) mass is 349 g/mol. The van der Waals surface area contributed by atoms with Gasteiger partial charge in [-0.2, -0.15) is 0 Å². The van der Waals surface area contributed by atoms with Gasteiger partial charge >= 0.3 is 5.97 Å². The van der Waals surface area contributed by atoms with E-state index in [1.54, 1.807) is 30.5 Å². The Morgan fingerprint density at radius 1 is 1.08 bits per heavy atom. The molecule has 1 aromatic carbocycles. The summed E-state index contributed by atoms with van der Waals surface area (Å²) in [7, 11) is 0. The van der Waals surface area contributed by atoms with Crippen molar-refractivity contribution in [2.24, 2.45) is 0 Å². The molecule has 1 unspecified atom stereocenters. The number of fused-ring (bicyclic) bond motifs is 2. The maximum absolute atomic E-state index is 12.4. The fourth-order valence-corrected chi connectivity index (χ4v) is 2.99. The van der Waals surface area contributed by atoms with Crippen molar-refractivity contribution in [2.45, 2.75) is 19.6 Å². The molecule has 0 bridgehead atoms. The summed E-state index contributed by atoms with van der Waals surface area (Å²) in [5.41, 5.74) is 1.93. The minimum atomic E-state index is -1.01. The summed E-state index contributed by atoms with van der Waals surface area (Å²) in [4.78, 5) is 42.5. The highest BCUT2D eigenvalue weighted by molar-refractivity contribution is 6.22. The quantitative estimate of drug-likeness (QED) is 0.532. The van der Waals surface area contributed by atoms with E-state index in [1.807, 2.05) is 28.8 Å². The fraction of sp³-hybridized carbons (Fsp3) is 0.158. The maximum Gasteiger partial charge on any atom is 0.329 e. The molecule has 2 aromatic heterocycles. The first-order valence-electron chi connectivity index (χ1n) is 8.12. The Morgan fingerprint density at radius 2 is 1.73 bits per heavy atom. The van der Waals surface area contributed by atoms with Crippen molar-refractivity contribution in [3.63, 3.8) is 0 Å². The number of hydrogen-bond acceptors (Lipinski definition) is 5. The van der Waals surface area contributed by atoms with Crippen LogP contribution in [0.5, 0.6) is 0 Å². The number of esters is 1. The Kier molecular flexibility index (Phi) is 3.76. The van der Waals surface area contributed by atoms with Gasteiger partial charge in [0, 0.05) is 12.4 Å². The van der Waals surface area contributed by atoms with Crippen LogP contribution in [0, 0.1) is 0 Å². The van der Waals surface area contributed by atoms with Crippen LogP contribution in [0.1, 0.15) is 33.3 Å². The van der Waals surface area contributed by atoms with Crippen molar-refractivity contribution in [1.82, 2.24) is 14.3 Å². The normalized spacial score (nSPS) is 14.6. The second-order valence-corrected chi connectivity index (χ2v) is 6.01. The molecule has 7 heteroatoms. The van der Waals surface area contributed by atoms with Gasteiger partial charge < -0.3 is 9.14 Å². The lowest BCUT2D eigenvalue weighted by Gasteiger charge is -2.20. The van der Waals surface area contributed by atoms with Gasteiger partial charge in [0.15, 0.2) is 0 Å². The Hall–Kier alpha value is -3.48. The van der Waals surface area contributed by atoms with E-state index in [4.69, 9.17) is 4.74 Å². The molecule has 3 aromatic rings. The van der Waals surface area contributed by atoms with Crippen molar-refractivity contribution in [1.29, 1.82) is 0 Å². The van der Waals surface area contributed by atoms with E-state index in [0.717, 1.165) is 10.5 Å². The van der Waals surface area contributed by atoms with Crippen molar-refractivity contribution in [2.75, 3.05) is 0 Å². The number of carbonyl (C=O) groups excluding carboxylic acids is 3. The van der Waals surface area contributed by atoms with Crippen LogP contribution < -0.4 is 0 Å². The minimum absolute atomic E-state index is 0.0337. The van der Waals surface area contributed by atoms with Crippen molar-refractivity contribution in [3.8, 4) is 0 Å². The Balaban J connectivity index is 1.47. The molecule has 1 atom stereocenters. The van der Waals surface area contributed by atoms with Crippen LogP contribution in [-0.2, 0) is 16.1 Å². The minimum Gasteiger partial charge on any atom is -0.458 e. The standard InChI is InChI=1S/C19H15N3O4/c1-12(22-17(23)14-6-2-3-7-15(14)18(22)24)19(25)26-11-13-10-21-9-5-4-8-16(21)20-13/h2-10,12H,11H2,1H3. The lowest BCUT2D eigenvalue weighted by Crippen LogP contribution is -2.43. The number of carbonyl (C=O) groups is 3. The summed E-state index contributed by atoms with van der Waals surface area (Å²) >= 11 is 0. The van der Waals surface area contributed by atoms with E-state index in [0.29, 0.717) is 16.8 Å². The number of amides is 2. The fourth-order valence-electron chi connectivity index (χ4n) is 2.99. The van der Waals surface area contributed by atoms with Gasteiger partial charge in [-0.15, -0.1) is 0 Å². The number of benzene rings is 1. The van der Waals surface area contributed by atoms with Gasteiger partial charge in [-0.3, -0.25) is 14.5 Å². The summed E-state index contributed by atoms with van der Waals surface area (Å²) in [6.45, 7) is 1.45. The van der Waals surface area contributed by atoms with Crippen molar-refractivity contribution >= 4 is 23.4 Å². The smallest absolute Gasteiger partial charge is 0.329 e. The molecule has 0 aliphatic carbocycles. The number of nitrogens with zero attached hydrogens (tertiary/aromatic N) is 3. The number of rotatable bonds is 4. The van der Waals surface area contributed by atoms with E-state index in [1.165, 1.54) is 6.92 Å². The highest BCUT2D eigenvalue weighted by Crippen LogP contribution is 2.24. The maximum atomic E-state index is 12.4. The number of aromatic nitrogens is 2. The molecule has 0 spiro atoms. The largest absolute Gasteiger partial charge is 0.458 e. The van der Waals surface area contributed by atoms with Gasteiger partial charge in [-0.25, -0.2) is 9.78 Å². The van der Waals surface area contributed by atoms with Crippen LogP contribution in [-0.4, -0.2) is 38.1 Å². The number of ether oxygens (including phenoxy) is 1. The van der Waals surface area contributed by atoms with Gasteiger partial charge in [0.05, 0.1) is 16.8 Å². The number of imidazole rings is 1. The summed E-state index contributed by atoms with van der Waals surface area (Å²) in [6, 6.07) is 11.1. The van der Waals surface area contributed by atoms with Crippen LogP contribution >= 0.6 is 0 Å². The van der Waals surface area contributed by atoms with Crippen LogP contribution in [0.3, 0.4) is 0 Å². The average Bonchev–Trinajstić information content (AvgIpc) is 3.18. The number of imide groups is 1. The first-order valence-corrected chi connectivity index (χ1v) is 8.12. The van der Waals surface area contributed by atoms with E-state index < -0.39 is 23.8 Å². The molecule has 7 nitrogen and oxygen atoms in total. The van der Waals surface area contributed by atoms with Crippen LogP contribution in [0.25, 0.3) is 5.65 Å². The second-order valence-electron chi connectivity index (χ2n) is 6.01. The molecule has 2 amide bonds. The first kappa shape index (κ1) is 16.0. The zero-order valence-electron chi connectivity index (χ0n) is 14.0. The molecular formula is C19H15N3O4. The van der Waals surface area contributed by atoms with Crippen LogP contribution in [0.2, 0.25) is 0 Å². The first-order chi connectivity index (χ1) is 12.6. The summed E-state index contributed by atoms with van der Waals surface area (Å²) < 4.78 is 7.08. The Labute approximate surface area is 148 Å². The molecule has 0 N–H and O–H groups in total. The van der Waals surface area contributed by atoms with Crippen molar-refractivity contribution in [3.05, 3.63) is 71.7 Å². The van der Waals surface area contributed by atoms with E-state index in [2.05, 4.69) is 4.98 Å². The molecule has 4 rings (SSSR count). The third kappa shape index (κ3) is 2.54. The number of pyridine rings is 1. The molecule has 0 saturated heterocycles. The lowest BCUT2D eigenvalue weighted by molar-refractivity contribution is -0.149. The van der Waals surface area contributed by atoms with Gasteiger partial charge in [0.2, 0.25) is 0 Å². The average molecular weight is 349 g/mol. The van der Waals surface area contributed by atoms with Crippen molar-refractivity contribution < 1.29 is 19.1 Å². The molecule has 26 heavy (non-hydrogen) atoms. The Bertz CT molecular complexity index is 972. The van der Waals surface area contributed by atoms with Gasteiger partial charge in [0.25, 0.3) is 11.8 Å². The lowest BCUT2D eigenvalue weighted by atomic mass is 10.1. The zero-order valence-corrected chi connectivity index (χ0v) is 14.0. The SMILES string of the molecule is CC(C(=O)OCc1cn2ccccc2n1)N1C(=O)c2ccccc2C1=O. The van der Waals surface area contributed by atoms with Crippen LogP contribution in [0.15, 0.2) is 54.9 Å². The van der Waals surface area contributed by atoms with E-state index in [-0.39, 0.29) is 6.61 Å². The molecule has 0 fully saturated rings. The number of hydrogen-bond donors (Lipinski definition) is 0. The van der Waals surface area contributed by atoms with Crippen LogP contribution in [0.4, 0.5) is 0 Å². The molecule has 130 valence electrons. The topological polar surface area (TPSA) is 81.0 Å². The third-order valence-corrected chi connectivity index (χ3v) is 4.33. The second kappa shape index (κ2) is 6.11. The summed E-state index contributed by atoms with van der Waals surface area (Å²) in [5.74, 6) is -1.62. The third-order valence-electron chi connectivity index (χ3n) is 4.33. The molecule has 0 radical (unpaired) electrons. The predicted molar refractivity (Wildman–Crippen MR) is 91.4 cm³/mol. The van der Waals surface area contributed by atoms with Gasteiger partial charge in [-0.1, -0.05) is 18.2 Å². The molecule has 0 saturated carbocycles. The summed E-state index contributed by atoms with van der Waals surface area (Å²) in [6.07, 6.45) is 3.60. The van der Waals surface area contributed by atoms with E-state index >= 15 is 0 Å².